The summed E-state index contributed by atoms with van der Waals surface area (Å²) in [7, 11) is 0. The van der Waals surface area contributed by atoms with Crippen LogP contribution in [0.25, 0.3) is 0 Å². The third kappa shape index (κ3) is 5.48. The first-order chi connectivity index (χ1) is 4.76. The molecule has 0 radical (unpaired) electrons. The maximum absolute atomic E-state index is 9.35. The van der Waals surface area contributed by atoms with Crippen molar-refractivity contribution in [2.45, 2.75) is 39.2 Å². The van der Waals surface area contributed by atoms with Crippen LogP contribution in [0.3, 0.4) is 0 Å². The lowest BCUT2D eigenvalue weighted by molar-refractivity contribution is 0.0584. The average molecular weight is 183 g/mol. The van der Waals surface area contributed by atoms with Crippen molar-refractivity contribution in [1.82, 2.24) is 0 Å². The van der Waals surface area contributed by atoms with Crippen molar-refractivity contribution in [2.24, 2.45) is 5.92 Å². The normalized spacial score (nSPS) is 15.3. The molecular formula is C8H19ClO2. The Morgan fingerprint density at radius 3 is 2.09 bits per heavy atom. The number of aliphatic hydroxyl groups is 2. The largest absolute Gasteiger partial charge is 0.396 e. The van der Waals surface area contributed by atoms with Gasteiger partial charge in [-0.25, -0.2) is 0 Å². The third-order valence-electron chi connectivity index (χ3n) is 1.89. The van der Waals surface area contributed by atoms with Crippen LogP contribution in [0.15, 0.2) is 0 Å². The van der Waals surface area contributed by atoms with E-state index in [2.05, 4.69) is 0 Å². The Kier molecular flexibility index (Phi) is 10.4. The van der Waals surface area contributed by atoms with Crippen molar-refractivity contribution in [2.75, 3.05) is 6.61 Å². The summed E-state index contributed by atoms with van der Waals surface area (Å²) in [5, 5.41) is 18.1. The molecule has 2 atom stereocenters. The fourth-order valence-electron chi connectivity index (χ4n) is 1.05. The van der Waals surface area contributed by atoms with E-state index in [1.54, 1.807) is 0 Å². The van der Waals surface area contributed by atoms with Gasteiger partial charge in [-0.3, -0.25) is 0 Å². The molecule has 0 saturated carbocycles. The predicted octanol–water partition coefficient (Wildman–Crippen LogP) is 1.59. The highest BCUT2D eigenvalue weighted by Crippen LogP contribution is 2.11. The minimum absolute atomic E-state index is 0. The lowest BCUT2D eigenvalue weighted by Gasteiger charge is -2.17. The van der Waals surface area contributed by atoms with Gasteiger partial charge in [-0.05, 0) is 12.8 Å². The predicted molar refractivity (Wildman–Crippen MR) is 49.0 cm³/mol. The summed E-state index contributed by atoms with van der Waals surface area (Å²) in [5.41, 5.74) is 0. The summed E-state index contributed by atoms with van der Waals surface area (Å²) in [6, 6.07) is 0. The SMILES string of the molecule is CCCC(O)C(CC)CO.Cl. The van der Waals surface area contributed by atoms with E-state index in [1.807, 2.05) is 13.8 Å². The minimum Gasteiger partial charge on any atom is -0.396 e. The molecule has 0 spiro atoms. The van der Waals surface area contributed by atoms with E-state index < -0.39 is 0 Å². The maximum atomic E-state index is 9.35. The van der Waals surface area contributed by atoms with Crippen LogP contribution in [0.2, 0.25) is 0 Å². The van der Waals surface area contributed by atoms with Crippen LogP contribution in [0.4, 0.5) is 0 Å². The number of aliphatic hydroxyl groups excluding tert-OH is 2. The monoisotopic (exact) mass is 182 g/mol. The van der Waals surface area contributed by atoms with Crippen LogP contribution in [-0.2, 0) is 0 Å². The molecule has 0 aromatic carbocycles. The summed E-state index contributed by atoms with van der Waals surface area (Å²) in [5.74, 6) is 0.0833. The second-order valence-corrected chi connectivity index (χ2v) is 2.71. The zero-order valence-corrected chi connectivity index (χ0v) is 8.10. The maximum Gasteiger partial charge on any atom is 0.0590 e. The van der Waals surface area contributed by atoms with Gasteiger partial charge in [0, 0.05) is 12.5 Å². The Balaban J connectivity index is 0. The second-order valence-electron chi connectivity index (χ2n) is 2.71. The van der Waals surface area contributed by atoms with Gasteiger partial charge < -0.3 is 10.2 Å². The van der Waals surface area contributed by atoms with Gasteiger partial charge in [0.25, 0.3) is 0 Å². The molecule has 0 amide bonds. The van der Waals surface area contributed by atoms with Crippen LogP contribution in [0.5, 0.6) is 0 Å². The van der Waals surface area contributed by atoms with Crippen molar-refractivity contribution in [3.63, 3.8) is 0 Å². The molecule has 2 N–H and O–H groups in total. The molecule has 0 heterocycles. The summed E-state index contributed by atoms with van der Waals surface area (Å²) in [6.45, 7) is 4.13. The number of halogens is 1. The number of hydrogen-bond acceptors (Lipinski definition) is 2. The summed E-state index contributed by atoms with van der Waals surface area (Å²) < 4.78 is 0. The minimum atomic E-state index is -0.306. The number of hydrogen-bond donors (Lipinski definition) is 2. The molecule has 70 valence electrons. The van der Waals surface area contributed by atoms with Gasteiger partial charge in [0.05, 0.1) is 6.10 Å². The molecule has 2 nitrogen and oxygen atoms in total. The van der Waals surface area contributed by atoms with Gasteiger partial charge in [-0.1, -0.05) is 20.3 Å². The van der Waals surface area contributed by atoms with E-state index >= 15 is 0 Å². The zero-order valence-electron chi connectivity index (χ0n) is 7.29. The lowest BCUT2D eigenvalue weighted by Crippen LogP contribution is -2.22. The zero-order chi connectivity index (χ0) is 7.98. The molecule has 0 rings (SSSR count). The summed E-state index contributed by atoms with van der Waals surface area (Å²) >= 11 is 0. The van der Waals surface area contributed by atoms with E-state index in [-0.39, 0.29) is 31.0 Å². The van der Waals surface area contributed by atoms with Crippen LogP contribution < -0.4 is 0 Å². The van der Waals surface area contributed by atoms with Gasteiger partial charge in [-0.15, -0.1) is 12.4 Å². The van der Waals surface area contributed by atoms with E-state index in [9.17, 15) is 5.11 Å². The van der Waals surface area contributed by atoms with Crippen LogP contribution in [-0.4, -0.2) is 22.9 Å². The standard InChI is InChI=1S/C8H18O2.ClH/c1-3-5-8(10)7(4-2)6-9;/h7-10H,3-6H2,1-2H3;1H. The topological polar surface area (TPSA) is 40.5 Å². The van der Waals surface area contributed by atoms with Crippen molar-refractivity contribution in [3.05, 3.63) is 0 Å². The highest BCUT2D eigenvalue weighted by molar-refractivity contribution is 5.85. The molecule has 0 saturated heterocycles. The van der Waals surface area contributed by atoms with E-state index in [0.717, 1.165) is 19.3 Å². The van der Waals surface area contributed by atoms with E-state index in [1.165, 1.54) is 0 Å². The molecule has 11 heavy (non-hydrogen) atoms. The van der Waals surface area contributed by atoms with Crippen molar-refractivity contribution in [3.8, 4) is 0 Å². The van der Waals surface area contributed by atoms with Gasteiger partial charge >= 0.3 is 0 Å². The highest BCUT2D eigenvalue weighted by atomic mass is 35.5. The molecule has 2 unspecified atom stereocenters. The smallest absolute Gasteiger partial charge is 0.0590 e. The lowest BCUT2D eigenvalue weighted by atomic mass is 9.97. The van der Waals surface area contributed by atoms with E-state index in [0.29, 0.717) is 0 Å². The molecule has 0 aliphatic heterocycles. The van der Waals surface area contributed by atoms with Crippen molar-refractivity contribution in [1.29, 1.82) is 0 Å². The molecule has 0 aromatic rings. The van der Waals surface area contributed by atoms with Crippen LogP contribution in [0.1, 0.15) is 33.1 Å². The first-order valence-corrected chi connectivity index (χ1v) is 4.05. The van der Waals surface area contributed by atoms with Gasteiger partial charge in [0.2, 0.25) is 0 Å². The molecule has 0 aromatic heterocycles. The Morgan fingerprint density at radius 2 is 1.82 bits per heavy atom. The molecule has 0 fully saturated rings. The van der Waals surface area contributed by atoms with Gasteiger partial charge in [0.15, 0.2) is 0 Å². The summed E-state index contributed by atoms with van der Waals surface area (Å²) in [4.78, 5) is 0. The molecule has 0 aliphatic rings. The fraction of sp³-hybridized carbons (Fsp3) is 1.00. The number of rotatable bonds is 5. The Bertz CT molecular complexity index is 74.5. The Morgan fingerprint density at radius 1 is 1.27 bits per heavy atom. The molecular weight excluding hydrogens is 164 g/mol. The van der Waals surface area contributed by atoms with Gasteiger partial charge in [-0.2, -0.15) is 0 Å². The first kappa shape index (κ1) is 13.8. The molecule has 0 aliphatic carbocycles. The van der Waals surface area contributed by atoms with Crippen LogP contribution in [0, 0.1) is 5.92 Å². The van der Waals surface area contributed by atoms with Crippen molar-refractivity contribution < 1.29 is 10.2 Å². The highest BCUT2D eigenvalue weighted by Gasteiger charge is 2.14. The Labute approximate surface area is 75.0 Å². The first-order valence-electron chi connectivity index (χ1n) is 4.05. The fourth-order valence-corrected chi connectivity index (χ4v) is 1.05. The average Bonchev–Trinajstić information content (AvgIpc) is 1.91. The van der Waals surface area contributed by atoms with E-state index in [4.69, 9.17) is 5.11 Å². The second kappa shape index (κ2) is 8.31. The Hall–Kier alpha value is 0.210. The van der Waals surface area contributed by atoms with Crippen LogP contribution >= 0.6 is 12.4 Å². The van der Waals surface area contributed by atoms with Gasteiger partial charge in [0.1, 0.15) is 0 Å². The quantitative estimate of drug-likeness (QED) is 0.678. The molecule has 0 bridgehead atoms. The third-order valence-corrected chi connectivity index (χ3v) is 1.89. The summed E-state index contributed by atoms with van der Waals surface area (Å²) in [6.07, 6.45) is 2.34. The molecule has 3 heteroatoms. The van der Waals surface area contributed by atoms with Crippen molar-refractivity contribution >= 4 is 12.4 Å².